The normalized spacial score (nSPS) is 14.8. The zero-order valence-corrected chi connectivity index (χ0v) is 22.8. The number of benzene rings is 1. The molecule has 1 aromatic carbocycles. The first-order valence-corrected chi connectivity index (χ1v) is 13.7. The number of aromatic nitrogens is 4. The molecule has 0 aliphatic heterocycles. The van der Waals surface area contributed by atoms with Crippen molar-refractivity contribution >= 4 is 17.5 Å². The van der Waals surface area contributed by atoms with Gasteiger partial charge >= 0.3 is 6.36 Å². The highest BCUT2D eigenvalue weighted by molar-refractivity contribution is 5.92. The maximum absolute atomic E-state index is 14.7. The molecule has 0 radical (unpaired) electrons. The van der Waals surface area contributed by atoms with E-state index in [2.05, 4.69) is 25.7 Å². The van der Waals surface area contributed by atoms with Crippen LogP contribution in [0.1, 0.15) is 61.0 Å². The van der Waals surface area contributed by atoms with Crippen LogP contribution in [0.15, 0.2) is 53.6 Å². The monoisotopic (exact) mass is 592 g/mol. The first-order chi connectivity index (χ1) is 20.0. The van der Waals surface area contributed by atoms with Crippen molar-refractivity contribution in [3.63, 3.8) is 0 Å². The molecule has 2 amide bonds. The Balaban J connectivity index is 1.21. The number of amides is 2. The lowest BCUT2D eigenvalue weighted by atomic mass is 9.87. The van der Waals surface area contributed by atoms with E-state index >= 15 is 0 Å². The van der Waals surface area contributed by atoms with E-state index in [1.54, 1.807) is 6.07 Å². The fourth-order valence-electron chi connectivity index (χ4n) is 4.83. The van der Waals surface area contributed by atoms with Gasteiger partial charge in [0, 0.05) is 37.5 Å². The molecule has 0 bridgehead atoms. The van der Waals surface area contributed by atoms with Gasteiger partial charge in [-0.25, -0.2) is 9.07 Å². The number of anilines is 1. The van der Waals surface area contributed by atoms with E-state index in [0.29, 0.717) is 23.6 Å². The summed E-state index contributed by atoms with van der Waals surface area (Å²) in [5.74, 6) is -0.794. The molecule has 1 aliphatic carbocycles. The van der Waals surface area contributed by atoms with Crippen LogP contribution in [-0.2, 0) is 24.4 Å². The van der Waals surface area contributed by atoms with Crippen molar-refractivity contribution in [2.24, 2.45) is 5.92 Å². The number of ether oxygens (including phenoxy) is 1. The second kappa shape index (κ2) is 14.1. The summed E-state index contributed by atoms with van der Waals surface area (Å²) in [4.78, 5) is 37.2. The van der Waals surface area contributed by atoms with Crippen LogP contribution in [0, 0.1) is 5.92 Å². The number of aryl methyl sites for hydroxylation is 1. The summed E-state index contributed by atoms with van der Waals surface area (Å²) in [5.41, 5.74) is 0.311. The van der Waals surface area contributed by atoms with Crippen molar-refractivity contribution < 1.29 is 31.9 Å². The molecule has 4 rings (SSSR count). The quantitative estimate of drug-likeness (QED) is 0.297. The van der Waals surface area contributed by atoms with Gasteiger partial charge in [-0.1, -0.05) is 36.6 Å². The Morgan fingerprint density at radius 3 is 2.64 bits per heavy atom. The fraction of sp³-hybridized carbons (Fsp3) is 0.464. The summed E-state index contributed by atoms with van der Waals surface area (Å²) in [5, 5.41) is 12.8. The van der Waals surface area contributed by atoms with Crippen molar-refractivity contribution in [2.45, 2.75) is 77.1 Å². The lowest BCUT2D eigenvalue weighted by Crippen LogP contribution is -2.24. The van der Waals surface area contributed by atoms with E-state index in [-0.39, 0.29) is 43.2 Å². The van der Waals surface area contributed by atoms with Crippen LogP contribution in [0.5, 0.6) is 5.75 Å². The molecule has 1 aliphatic rings. The third-order valence-corrected chi connectivity index (χ3v) is 6.90. The molecule has 14 heteroatoms. The highest BCUT2D eigenvalue weighted by Crippen LogP contribution is 2.26. The summed E-state index contributed by atoms with van der Waals surface area (Å²) in [7, 11) is 0. The van der Waals surface area contributed by atoms with E-state index < -0.39 is 24.2 Å². The Bertz CT molecular complexity index is 1420. The number of nitrogens with one attached hydrogen (secondary N) is 2. The molecule has 1 fully saturated rings. The third-order valence-electron chi connectivity index (χ3n) is 6.90. The molecule has 3 aromatic rings. The number of alkyl halides is 4. The highest BCUT2D eigenvalue weighted by Gasteiger charge is 2.31. The molecular weight excluding hydrogens is 560 g/mol. The molecule has 226 valence electrons. The van der Waals surface area contributed by atoms with Gasteiger partial charge in [-0.3, -0.25) is 14.4 Å². The Morgan fingerprint density at radius 1 is 1.12 bits per heavy atom. The summed E-state index contributed by atoms with van der Waals surface area (Å²) < 4.78 is 58.2. The zero-order chi connectivity index (χ0) is 30.1. The smallest absolute Gasteiger partial charge is 0.406 e. The fourth-order valence-corrected chi connectivity index (χ4v) is 4.83. The van der Waals surface area contributed by atoms with E-state index in [4.69, 9.17) is 0 Å². The standard InChI is InChI=1S/C28H32F4N6O4/c29-21(9-11-37-12-10-22(15-26(37)40)34-25(39)14-19-5-2-1-3-6-19)17-38-18-24(35-36-38)27(41)33-16-20-7-4-8-23(13-20)42-28(30,31)32/h4,7-8,10,12-13,15,18-19,21H,1-3,5-6,9,11,14,16-17H2,(H,33,41)(H,34,39). The van der Waals surface area contributed by atoms with E-state index in [0.717, 1.165) is 42.5 Å². The number of carbonyl (C=O) groups is 2. The minimum atomic E-state index is -4.83. The van der Waals surface area contributed by atoms with Gasteiger partial charge < -0.3 is 19.9 Å². The van der Waals surface area contributed by atoms with Gasteiger partial charge in [0.05, 0.1) is 12.7 Å². The van der Waals surface area contributed by atoms with Crippen LogP contribution < -0.4 is 20.9 Å². The maximum atomic E-state index is 14.7. The van der Waals surface area contributed by atoms with Gasteiger partial charge in [0.2, 0.25) is 5.91 Å². The molecule has 2 aromatic heterocycles. The second-order valence-corrected chi connectivity index (χ2v) is 10.3. The first-order valence-electron chi connectivity index (χ1n) is 13.7. The summed E-state index contributed by atoms with van der Waals surface area (Å²) in [6, 6.07) is 8.08. The van der Waals surface area contributed by atoms with Crippen LogP contribution in [-0.4, -0.2) is 43.9 Å². The van der Waals surface area contributed by atoms with Gasteiger partial charge in [0.15, 0.2) is 5.69 Å². The Morgan fingerprint density at radius 2 is 1.90 bits per heavy atom. The van der Waals surface area contributed by atoms with Crippen LogP contribution in [0.2, 0.25) is 0 Å². The Kier molecular flexibility index (Phi) is 10.3. The van der Waals surface area contributed by atoms with Crippen molar-refractivity contribution in [1.82, 2.24) is 24.9 Å². The van der Waals surface area contributed by atoms with Crippen molar-refractivity contribution in [3.05, 3.63) is 70.4 Å². The van der Waals surface area contributed by atoms with Crippen molar-refractivity contribution in [1.29, 1.82) is 0 Å². The molecule has 2 heterocycles. The van der Waals surface area contributed by atoms with Crippen LogP contribution in [0.25, 0.3) is 0 Å². The minimum absolute atomic E-state index is 0.00891. The van der Waals surface area contributed by atoms with Crippen LogP contribution >= 0.6 is 0 Å². The van der Waals surface area contributed by atoms with Crippen LogP contribution in [0.3, 0.4) is 0 Å². The number of carbonyl (C=O) groups excluding carboxylic acids is 2. The first kappa shape index (κ1) is 30.7. The highest BCUT2D eigenvalue weighted by atomic mass is 19.4. The summed E-state index contributed by atoms with van der Waals surface area (Å²) in [6.07, 6.45) is 2.54. The molecule has 0 spiro atoms. The van der Waals surface area contributed by atoms with E-state index in [9.17, 15) is 31.9 Å². The van der Waals surface area contributed by atoms with Gasteiger partial charge in [0.1, 0.15) is 11.9 Å². The van der Waals surface area contributed by atoms with Crippen molar-refractivity contribution in [2.75, 3.05) is 5.32 Å². The number of hydrogen-bond donors (Lipinski definition) is 2. The number of rotatable bonds is 12. The molecule has 42 heavy (non-hydrogen) atoms. The molecule has 1 atom stereocenters. The van der Waals surface area contributed by atoms with Crippen molar-refractivity contribution in [3.8, 4) is 5.75 Å². The summed E-state index contributed by atoms with van der Waals surface area (Å²) in [6.45, 7) is -0.207. The Labute approximate surface area is 239 Å². The number of pyridine rings is 1. The van der Waals surface area contributed by atoms with E-state index in [1.807, 2.05) is 0 Å². The summed E-state index contributed by atoms with van der Waals surface area (Å²) >= 11 is 0. The van der Waals surface area contributed by atoms with Gasteiger partial charge in [-0.2, -0.15) is 0 Å². The Hall–Kier alpha value is -4.23. The van der Waals surface area contributed by atoms with E-state index in [1.165, 1.54) is 41.6 Å². The molecule has 10 nitrogen and oxygen atoms in total. The number of nitrogens with zero attached hydrogens (tertiary/aromatic N) is 4. The molecular formula is C28H32F4N6O4. The minimum Gasteiger partial charge on any atom is -0.406 e. The predicted molar refractivity (Wildman–Crippen MR) is 144 cm³/mol. The average molecular weight is 593 g/mol. The molecule has 1 saturated carbocycles. The predicted octanol–water partition coefficient (Wildman–Crippen LogP) is 4.61. The van der Waals surface area contributed by atoms with Gasteiger partial charge in [0.25, 0.3) is 11.5 Å². The molecule has 0 saturated heterocycles. The largest absolute Gasteiger partial charge is 0.573 e. The lowest BCUT2D eigenvalue weighted by molar-refractivity contribution is -0.274. The second-order valence-electron chi connectivity index (χ2n) is 10.3. The van der Waals surface area contributed by atoms with Gasteiger partial charge in [-0.05, 0) is 48.9 Å². The SMILES string of the molecule is O=C(CC1CCCCC1)Nc1ccn(CCC(F)Cn2cc(C(=O)NCc3cccc(OC(F)(F)F)c3)nn2)c(=O)c1. The number of hydrogen-bond acceptors (Lipinski definition) is 6. The topological polar surface area (TPSA) is 120 Å². The number of halogens is 4. The molecule has 2 N–H and O–H groups in total. The lowest BCUT2D eigenvalue weighted by Gasteiger charge is -2.20. The zero-order valence-electron chi connectivity index (χ0n) is 22.8. The average Bonchev–Trinajstić information content (AvgIpc) is 3.39. The third kappa shape index (κ3) is 9.70. The van der Waals surface area contributed by atoms with Gasteiger partial charge in [-0.15, -0.1) is 18.3 Å². The molecule has 1 unspecified atom stereocenters. The maximum Gasteiger partial charge on any atom is 0.573 e. The van der Waals surface area contributed by atoms with Crippen LogP contribution in [0.4, 0.5) is 23.2 Å².